The van der Waals surface area contributed by atoms with Crippen molar-refractivity contribution in [3.63, 3.8) is 0 Å². The van der Waals surface area contributed by atoms with E-state index in [1.807, 2.05) is 0 Å². The minimum atomic E-state index is -0.360. The molecule has 0 bridgehead atoms. The zero-order valence-electron chi connectivity index (χ0n) is 16.3. The van der Waals surface area contributed by atoms with E-state index in [9.17, 15) is 9.59 Å². The summed E-state index contributed by atoms with van der Waals surface area (Å²) >= 11 is 0. The molecule has 0 aromatic carbocycles. The van der Waals surface area contributed by atoms with Crippen LogP contribution in [0, 0.1) is 5.41 Å². The van der Waals surface area contributed by atoms with E-state index >= 15 is 0 Å². The van der Waals surface area contributed by atoms with Crippen molar-refractivity contribution in [2.24, 2.45) is 5.41 Å². The lowest BCUT2D eigenvalue weighted by Gasteiger charge is -2.51. The highest BCUT2D eigenvalue weighted by Crippen LogP contribution is 2.54. The molecule has 0 radical (unpaired) electrons. The second-order valence-corrected chi connectivity index (χ2v) is 8.55. The van der Waals surface area contributed by atoms with Crippen molar-refractivity contribution < 1.29 is 9.59 Å². The van der Waals surface area contributed by atoms with E-state index in [2.05, 4.69) is 34.4 Å². The number of pyridine rings is 1. The number of hydrogen-bond donors (Lipinski definition) is 2. The van der Waals surface area contributed by atoms with Crippen molar-refractivity contribution in [3.8, 4) is 0 Å². The summed E-state index contributed by atoms with van der Waals surface area (Å²) in [5.41, 5.74) is 3.57. The molecule has 0 atom stereocenters. The second kappa shape index (κ2) is 6.58. The fraction of sp³-hybridized carbons (Fsp3) is 0.571. The summed E-state index contributed by atoms with van der Waals surface area (Å²) in [4.78, 5) is 30.0. The van der Waals surface area contributed by atoms with Gasteiger partial charge >= 0.3 is 6.03 Å². The third kappa shape index (κ3) is 2.80. The number of rotatable bonds is 3. The van der Waals surface area contributed by atoms with Gasteiger partial charge in [-0.3, -0.25) is 15.0 Å². The number of aromatic nitrogens is 2. The Morgan fingerprint density at radius 1 is 1.25 bits per heavy atom. The van der Waals surface area contributed by atoms with E-state index in [0.29, 0.717) is 24.4 Å². The van der Waals surface area contributed by atoms with Crippen molar-refractivity contribution in [2.75, 3.05) is 24.5 Å². The fourth-order valence-corrected chi connectivity index (χ4v) is 5.21. The smallest absolute Gasteiger partial charge is 0.328 e. The van der Waals surface area contributed by atoms with Crippen LogP contribution in [0.3, 0.4) is 0 Å². The molecule has 3 fully saturated rings. The molecule has 28 heavy (non-hydrogen) atoms. The summed E-state index contributed by atoms with van der Waals surface area (Å²) in [6.07, 6.45) is 10.3. The summed E-state index contributed by atoms with van der Waals surface area (Å²) in [5, 5.41) is 6.98. The molecular weight excluding hydrogens is 354 g/mol. The van der Waals surface area contributed by atoms with Crippen LogP contribution in [-0.2, 0) is 11.2 Å². The van der Waals surface area contributed by atoms with Crippen LogP contribution < -0.4 is 15.5 Å². The maximum Gasteiger partial charge on any atom is 0.328 e. The van der Waals surface area contributed by atoms with E-state index in [0.717, 1.165) is 36.2 Å². The lowest BCUT2D eigenvalue weighted by atomic mass is 9.60. The first kappa shape index (κ1) is 17.7. The lowest BCUT2D eigenvalue weighted by molar-refractivity contribution is -0.120. The van der Waals surface area contributed by atoms with Gasteiger partial charge in [0.2, 0.25) is 5.91 Å². The predicted molar refractivity (Wildman–Crippen MR) is 107 cm³/mol. The Balaban J connectivity index is 1.44. The summed E-state index contributed by atoms with van der Waals surface area (Å²) in [6.45, 7) is 4.84. The highest BCUT2D eigenvalue weighted by atomic mass is 16.2. The van der Waals surface area contributed by atoms with Gasteiger partial charge in [-0.25, -0.2) is 9.78 Å². The Hall–Kier alpha value is -2.41. The molecule has 5 rings (SSSR count). The monoisotopic (exact) mass is 381 g/mol. The normalized spacial score (nSPS) is 22.5. The van der Waals surface area contributed by atoms with E-state index in [1.54, 1.807) is 11.1 Å². The number of carbonyl (C=O) groups excluding carboxylic acids is 2. The minimum Gasteiger partial charge on any atom is -0.329 e. The summed E-state index contributed by atoms with van der Waals surface area (Å²) in [6, 6.07) is 2.23. The van der Waals surface area contributed by atoms with Gasteiger partial charge in [-0.2, -0.15) is 0 Å². The molecule has 2 saturated heterocycles. The number of carbonyl (C=O) groups is 2. The van der Waals surface area contributed by atoms with Gasteiger partial charge in [0.15, 0.2) is 0 Å². The van der Waals surface area contributed by atoms with Gasteiger partial charge in [0.1, 0.15) is 5.65 Å². The van der Waals surface area contributed by atoms with Crippen molar-refractivity contribution >= 4 is 28.7 Å². The van der Waals surface area contributed by atoms with Gasteiger partial charge in [0.05, 0.1) is 11.9 Å². The third-order valence-electron chi connectivity index (χ3n) is 6.88. The topological polar surface area (TPSA) is 79.3 Å². The zero-order chi connectivity index (χ0) is 19.3. The van der Waals surface area contributed by atoms with Crippen LogP contribution in [0.2, 0.25) is 0 Å². The van der Waals surface area contributed by atoms with Gasteiger partial charge in [-0.1, -0.05) is 6.92 Å². The van der Waals surface area contributed by atoms with Crippen LogP contribution in [0.1, 0.15) is 50.6 Å². The number of hydrogen-bond acceptors (Lipinski definition) is 4. The number of amides is 3. The van der Waals surface area contributed by atoms with Gasteiger partial charge in [0.25, 0.3) is 0 Å². The van der Waals surface area contributed by atoms with Crippen molar-refractivity contribution in [2.45, 2.75) is 51.5 Å². The highest BCUT2D eigenvalue weighted by Gasteiger charge is 2.45. The van der Waals surface area contributed by atoms with E-state index in [-0.39, 0.29) is 11.9 Å². The molecule has 3 amide bonds. The molecule has 2 aromatic rings. The first-order chi connectivity index (χ1) is 13.6. The van der Waals surface area contributed by atoms with Crippen LogP contribution >= 0.6 is 0 Å². The van der Waals surface area contributed by atoms with E-state index in [4.69, 9.17) is 4.98 Å². The minimum absolute atomic E-state index is 0.215. The van der Waals surface area contributed by atoms with Crippen molar-refractivity contribution in [1.82, 2.24) is 20.2 Å². The van der Waals surface area contributed by atoms with Crippen molar-refractivity contribution in [1.29, 1.82) is 0 Å². The van der Waals surface area contributed by atoms with E-state index < -0.39 is 0 Å². The molecule has 4 heterocycles. The molecule has 2 aliphatic heterocycles. The number of aryl methyl sites for hydroxylation is 1. The molecular formula is C21H27N5O2. The van der Waals surface area contributed by atoms with Gasteiger partial charge < -0.3 is 9.88 Å². The zero-order valence-corrected chi connectivity index (χ0v) is 16.3. The van der Waals surface area contributed by atoms with E-state index in [1.165, 1.54) is 31.2 Å². The van der Waals surface area contributed by atoms with Gasteiger partial charge in [0, 0.05) is 30.6 Å². The number of urea groups is 1. The Bertz CT molecular complexity index is 936. The van der Waals surface area contributed by atoms with Crippen LogP contribution in [-0.4, -0.2) is 41.1 Å². The van der Waals surface area contributed by atoms with Crippen LogP contribution in [0.5, 0.6) is 0 Å². The molecule has 3 aliphatic rings. The highest BCUT2D eigenvalue weighted by molar-refractivity contribution is 6.06. The largest absolute Gasteiger partial charge is 0.329 e. The molecule has 7 heteroatoms. The molecule has 1 aliphatic carbocycles. The summed E-state index contributed by atoms with van der Waals surface area (Å²) in [5.74, 6) is -0.215. The molecule has 148 valence electrons. The molecule has 0 unspecified atom stereocenters. The number of anilines is 1. The number of fused-ring (bicyclic) bond motifs is 1. The molecule has 2 N–H and O–H groups in total. The first-order valence-corrected chi connectivity index (χ1v) is 10.4. The number of nitrogens with zero attached hydrogens (tertiary/aromatic N) is 3. The maximum absolute atomic E-state index is 12.2. The Kier molecular flexibility index (Phi) is 4.16. The summed E-state index contributed by atoms with van der Waals surface area (Å²) < 4.78 is 2.37. The SMILES string of the molecule is CCc1cn(C2CC3(CCNCC3)C2)c2ncc(N3CCC(=O)NC3=O)cc12. The quantitative estimate of drug-likeness (QED) is 0.857. The molecule has 1 saturated carbocycles. The lowest BCUT2D eigenvalue weighted by Crippen LogP contribution is -2.49. The standard InChI is InChI=1S/C21H27N5O2/c1-2-14-13-26(16-10-21(11-16)4-6-22-7-5-21)19-17(14)9-15(12-23-19)25-8-3-18(27)24-20(25)28/h9,12-13,16,22H,2-8,10-11H2,1H3,(H,24,27,28). The molecule has 1 spiro atoms. The van der Waals surface area contributed by atoms with Gasteiger partial charge in [-0.15, -0.1) is 0 Å². The fourth-order valence-electron chi connectivity index (χ4n) is 5.21. The predicted octanol–water partition coefficient (Wildman–Crippen LogP) is 2.75. The van der Waals surface area contributed by atoms with Crippen LogP contribution in [0.4, 0.5) is 10.5 Å². The molecule has 7 nitrogen and oxygen atoms in total. The Morgan fingerprint density at radius 2 is 2.04 bits per heavy atom. The average Bonchev–Trinajstić information content (AvgIpc) is 3.04. The number of nitrogens with one attached hydrogen (secondary N) is 2. The second-order valence-electron chi connectivity index (χ2n) is 8.55. The van der Waals surface area contributed by atoms with Crippen LogP contribution in [0.15, 0.2) is 18.5 Å². The number of piperidine rings is 1. The van der Waals surface area contributed by atoms with Gasteiger partial charge in [-0.05, 0) is 62.2 Å². The van der Waals surface area contributed by atoms with Crippen LogP contribution in [0.25, 0.3) is 11.0 Å². The Morgan fingerprint density at radius 3 is 2.75 bits per heavy atom. The average molecular weight is 381 g/mol. The van der Waals surface area contributed by atoms with Crippen molar-refractivity contribution in [3.05, 3.63) is 24.0 Å². The Labute approximate surface area is 164 Å². The third-order valence-corrected chi connectivity index (χ3v) is 6.88. The maximum atomic E-state index is 12.2. The number of imide groups is 1. The summed E-state index contributed by atoms with van der Waals surface area (Å²) in [7, 11) is 0. The first-order valence-electron chi connectivity index (χ1n) is 10.4. The molecule has 2 aromatic heterocycles.